The maximum Gasteiger partial charge on any atom is -0.0130 e. The lowest BCUT2D eigenvalue weighted by Gasteiger charge is -2.27. The first-order chi connectivity index (χ1) is 5.27. The molecule has 2 atom stereocenters. The van der Waals surface area contributed by atoms with Crippen LogP contribution in [0.15, 0.2) is 23.3 Å². The fourth-order valence-electron chi connectivity index (χ4n) is 2.16. The molecule has 0 N–H and O–H groups in total. The first kappa shape index (κ1) is 7.15. The minimum absolute atomic E-state index is 0.900. The van der Waals surface area contributed by atoms with Gasteiger partial charge in [-0.25, -0.2) is 0 Å². The average Bonchev–Trinajstić information content (AvgIpc) is 2.36. The highest BCUT2D eigenvalue weighted by Gasteiger charge is 2.23. The van der Waals surface area contributed by atoms with E-state index in [1.165, 1.54) is 19.3 Å². The fourth-order valence-corrected chi connectivity index (χ4v) is 2.16. The molecule has 0 aromatic heterocycles. The summed E-state index contributed by atoms with van der Waals surface area (Å²) in [5.74, 6) is 1.81. The van der Waals surface area contributed by atoms with Crippen LogP contribution in [0.3, 0.4) is 0 Å². The van der Waals surface area contributed by atoms with Crippen molar-refractivity contribution >= 4 is 0 Å². The van der Waals surface area contributed by atoms with E-state index >= 15 is 0 Å². The van der Waals surface area contributed by atoms with Crippen molar-refractivity contribution in [2.45, 2.75) is 33.1 Å². The van der Waals surface area contributed by atoms with Gasteiger partial charge in [0.15, 0.2) is 0 Å². The predicted molar refractivity (Wildman–Crippen MR) is 48.3 cm³/mol. The third-order valence-corrected chi connectivity index (χ3v) is 3.22. The lowest BCUT2D eigenvalue weighted by Crippen LogP contribution is -2.14. The molecule has 0 spiro atoms. The first-order valence-corrected chi connectivity index (χ1v) is 4.65. The molecule has 0 bridgehead atoms. The zero-order valence-electron chi connectivity index (χ0n) is 7.43. The average molecular weight is 148 g/mol. The first-order valence-electron chi connectivity index (χ1n) is 4.65. The van der Waals surface area contributed by atoms with Crippen LogP contribution in [0.5, 0.6) is 0 Å². The molecule has 0 unspecified atom stereocenters. The number of hydrogen-bond donors (Lipinski definition) is 0. The lowest BCUT2D eigenvalue weighted by atomic mass is 9.79. The molecule has 0 heteroatoms. The molecule has 0 heterocycles. The monoisotopic (exact) mass is 148 g/mol. The summed E-state index contributed by atoms with van der Waals surface area (Å²) in [6.45, 7) is 4.76. The molecule has 0 radical (unpaired) electrons. The van der Waals surface area contributed by atoms with Crippen LogP contribution in [-0.4, -0.2) is 0 Å². The van der Waals surface area contributed by atoms with Crippen molar-refractivity contribution in [1.82, 2.24) is 0 Å². The van der Waals surface area contributed by atoms with Crippen LogP contribution in [0.2, 0.25) is 0 Å². The van der Waals surface area contributed by atoms with Crippen molar-refractivity contribution in [3.8, 4) is 0 Å². The van der Waals surface area contributed by atoms with E-state index in [-0.39, 0.29) is 0 Å². The standard InChI is InChI=1S/C11H16/c1-8-6-10-4-3-5-11(10)7-9(8)2/h3-4,8-9H,5-7H2,1-2H3/t8-,9-/m0/s1. The molecule has 0 fully saturated rings. The number of hydrogen-bond acceptors (Lipinski definition) is 0. The second-order valence-electron chi connectivity index (χ2n) is 4.10. The molecule has 2 aliphatic carbocycles. The quantitative estimate of drug-likeness (QED) is 0.494. The van der Waals surface area contributed by atoms with Gasteiger partial charge < -0.3 is 0 Å². The van der Waals surface area contributed by atoms with Gasteiger partial charge in [-0.15, -0.1) is 0 Å². The van der Waals surface area contributed by atoms with Crippen LogP contribution in [0.4, 0.5) is 0 Å². The van der Waals surface area contributed by atoms with E-state index in [9.17, 15) is 0 Å². The highest BCUT2D eigenvalue weighted by molar-refractivity contribution is 5.36. The van der Waals surface area contributed by atoms with Crippen LogP contribution in [-0.2, 0) is 0 Å². The molecular weight excluding hydrogens is 132 g/mol. The van der Waals surface area contributed by atoms with Crippen LogP contribution >= 0.6 is 0 Å². The maximum absolute atomic E-state index is 2.38. The molecule has 0 aromatic rings. The molecule has 60 valence electrons. The Labute approximate surface area is 69.0 Å². The van der Waals surface area contributed by atoms with Crippen LogP contribution in [0.1, 0.15) is 33.1 Å². The Bertz CT molecular complexity index is 220. The third kappa shape index (κ3) is 1.15. The third-order valence-electron chi connectivity index (χ3n) is 3.22. The summed E-state index contributed by atoms with van der Waals surface area (Å²) in [5, 5.41) is 0. The summed E-state index contributed by atoms with van der Waals surface area (Å²) in [6.07, 6.45) is 8.57. The van der Waals surface area contributed by atoms with Gasteiger partial charge >= 0.3 is 0 Å². The van der Waals surface area contributed by atoms with Crippen LogP contribution in [0.25, 0.3) is 0 Å². The maximum atomic E-state index is 2.38. The van der Waals surface area contributed by atoms with Gasteiger partial charge in [0.25, 0.3) is 0 Å². The summed E-state index contributed by atoms with van der Waals surface area (Å²) in [6, 6.07) is 0. The molecular formula is C11H16. The van der Waals surface area contributed by atoms with Gasteiger partial charge in [-0.1, -0.05) is 31.6 Å². The second kappa shape index (κ2) is 2.51. The fraction of sp³-hybridized carbons (Fsp3) is 0.636. The molecule has 2 aliphatic rings. The molecule has 0 aliphatic heterocycles. The summed E-state index contributed by atoms with van der Waals surface area (Å²) < 4.78 is 0. The molecule has 0 amide bonds. The smallest absolute Gasteiger partial charge is 0.0130 e. The topological polar surface area (TPSA) is 0 Å². The normalized spacial score (nSPS) is 36.2. The number of allylic oxidation sites excluding steroid dienone is 4. The Morgan fingerprint density at radius 2 is 1.91 bits per heavy atom. The Hall–Kier alpha value is -0.520. The van der Waals surface area contributed by atoms with Crippen LogP contribution in [0, 0.1) is 11.8 Å². The predicted octanol–water partition coefficient (Wildman–Crippen LogP) is 3.31. The molecule has 2 rings (SSSR count). The van der Waals surface area contributed by atoms with Gasteiger partial charge in [-0.05, 0) is 36.7 Å². The Balaban J connectivity index is 2.20. The summed E-state index contributed by atoms with van der Waals surface area (Å²) in [5.41, 5.74) is 3.37. The SMILES string of the molecule is C[C@H]1CC2=C(CC=C2)C[C@@H]1C. The zero-order valence-corrected chi connectivity index (χ0v) is 7.43. The second-order valence-corrected chi connectivity index (χ2v) is 4.10. The highest BCUT2D eigenvalue weighted by Crippen LogP contribution is 2.38. The zero-order chi connectivity index (χ0) is 7.84. The minimum Gasteiger partial charge on any atom is -0.0802 e. The molecule has 11 heavy (non-hydrogen) atoms. The summed E-state index contributed by atoms with van der Waals surface area (Å²) in [7, 11) is 0. The van der Waals surface area contributed by atoms with E-state index in [2.05, 4.69) is 26.0 Å². The van der Waals surface area contributed by atoms with Crippen molar-refractivity contribution in [3.05, 3.63) is 23.3 Å². The van der Waals surface area contributed by atoms with Crippen molar-refractivity contribution in [2.24, 2.45) is 11.8 Å². The van der Waals surface area contributed by atoms with E-state index in [1.807, 2.05) is 0 Å². The van der Waals surface area contributed by atoms with E-state index in [0.717, 1.165) is 11.8 Å². The van der Waals surface area contributed by atoms with Gasteiger partial charge in [0.2, 0.25) is 0 Å². The van der Waals surface area contributed by atoms with Crippen molar-refractivity contribution in [1.29, 1.82) is 0 Å². The van der Waals surface area contributed by atoms with E-state index in [1.54, 1.807) is 11.1 Å². The molecule has 0 saturated carbocycles. The molecule has 0 nitrogen and oxygen atoms in total. The van der Waals surface area contributed by atoms with Crippen molar-refractivity contribution < 1.29 is 0 Å². The molecule has 0 saturated heterocycles. The summed E-state index contributed by atoms with van der Waals surface area (Å²) >= 11 is 0. The molecule has 0 aromatic carbocycles. The van der Waals surface area contributed by atoms with Gasteiger partial charge in [0.1, 0.15) is 0 Å². The van der Waals surface area contributed by atoms with Gasteiger partial charge in [0, 0.05) is 0 Å². The Morgan fingerprint density at radius 1 is 1.18 bits per heavy atom. The van der Waals surface area contributed by atoms with E-state index < -0.39 is 0 Å². The number of rotatable bonds is 0. The van der Waals surface area contributed by atoms with E-state index in [4.69, 9.17) is 0 Å². The van der Waals surface area contributed by atoms with Gasteiger partial charge in [0.05, 0.1) is 0 Å². The van der Waals surface area contributed by atoms with Gasteiger partial charge in [-0.2, -0.15) is 0 Å². The van der Waals surface area contributed by atoms with Crippen molar-refractivity contribution in [3.63, 3.8) is 0 Å². The van der Waals surface area contributed by atoms with E-state index in [0.29, 0.717) is 0 Å². The van der Waals surface area contributed by atoms with Crippen LogP contribution < -0.4 is 0 Å². The largest absolute Gasteiger partial charge is 0.0802 e. The van der Waals surface area contributed by atoms with Gasteiger partial charge in [-0.3, -0.25) is 0 Å². The Morgan fingerprint density at radius 3 is 2.73 bits per heavy atom. The lowest BCUT2D eigenvalue weighted by molar-refractivity contribution is 0.362. The minimum atomic E-state index is 0.900. The Kier molecular flexibility index (Phi) is 1.63. The highest BCUT2D eigenvalue weighted by atomic mass is 14.3. The summed E-state index contributed by atoms with van der Waals surface area (Å²) in [4.78, 5) is 0. The van der Waals surface area contributed by atoms with Crippen molar-refractivity contribution in [2.75, 3.05) is 0 Å².